The predicted octanol–water partition coefficient (Wildman–Crippen LogP) is 3.62. The van der Waals surface area contributed by atoms with E-state index >= 15 is 0 Å². The Morgan fingerprint density at radius 1 is 1.16 bits per heavy atom. The van der Waals surface area contributed by atoms with Crippen molar-refractivity contribution in [1.82, 2.24) is 9.88 Å². The van der Waals surface area contributed by atoms with Gasteiger partial charge in [0, 0.05) is 30.2 Å². The molecule has 4 rings (SSSR count). The first kappa shape index (κ1) is 16.3. The first-order chi connectivity index (χ1) is 11.9. The fourth-order valence-electron chi connectivity index (χ4n) is 3.63. The number of nitrogens with zero attached hydrogens (tertiary/aromatic N) is 2. The van der Waals surface area contributed by atoms with Crippen LogP contribution in [0.5, 0.6) is 0 Å². The number of hydrogen-bond donors (Lipinski definition) is 0. The maximum atomic E-state index is 12.8. The van der Waals surface area contributed by atoms with Gasteiger partial charge in [0.1, 0.15) is 5.01 Å². The van der Waals surface area contributed by atoms with Gasteiger partial charge in [-0.2, -0.15) is 13.2 Å². The van der Waals surface area contributed by atoms with Crippen LogP contribution in [0.4, 0.5) is 13.2 Å². The third-order valence-electron chi connectivity index (χ3n) is 4.77. The second kappa shape index (κ2) is 5.98. The molecule has 0 saturated carbocycles. The van der Waals surface area contributed by atoms with Crippen molar-refractivity contribution in [2.45, 2.75) is 25.4 Å². The molecular weight excluding hydrogens is 349 g/mol. The SMILES string of the molecule is O=C(N1CCc2ccc3c(c2CC1)C(c1nccs1)=CC3)C(F)(F)F. The number of fused-ring (bicyclic) bond motifs is 3. The van der Waals surface area contributed by atoms with Crippen LogP contribution in [0, 0.1) is 0 Å². The minimum atomic E-state index is -4.82. The molecule has 0 N–H and O–H groups in total. The van der Waals surface area contributed by atoms with Gasteiger partial charge < -0.3 is 4.90 Å². The molecule has 0 saturated heterocycles. The predicted molar refractivity (Wildman–Crippen MR) is 89.4 cm³/mol. The van der Waals surface area contributed by atoms with E-state index in [1.165, 1.54) is 5.56 Å². The summed E-state index contributed by atoms with van der Waals surface area (Å²) in [4.78, 5) is 16.9. The molecule has 0 fully saturated rings. The lowest BCUT2D eigenvalue weighted by atomic mass is 9.91. The standard InChI is InChI=1S/C18H15F3N2OS/c19-18(20,21)17(24)23-8-5-11-1-2-12-3-4-14(16-22-7-10-25-16)15(12)13(11)6-9-23/h1-2,4,7,10H,3,5-6,8-9H2. The molecule has 1 aliphatic carbocycles. The van der Waals surface area contributed by atoms with E-state index in [0.717, 1.165) is 38.6 Å². The summed E-state index contributed by atoms with van der Waals surface area (Å²) >= 11 is 1.56. The quantitative estimate of drug-likeness (QED) is 0.774. The number of aromatic nitrogens is 1. The average molecular weight is 364 g/mol. The first-order valence-electron chi connectivity index (χ1n) is 8.05. The molecule has 1 aromatic heterocycles. The number of carbonyl (C=O) groups is 1. The average Bonchev–Trinajstić information content (AvgIpc) is 3.18. The second-order valence-electron chi connectivity index (χ2n) is 6.19. The minimum absolute atomic E-state index is 0.0902. The van der Waals surface area contributed by atoms with E-state index in [9.17, 15) is 18.0 Å². The van der Waals surface area contributed by atoms with Crippen molar-refractivity contribution in [1.29, 1.82) is 0 Å². The van der Waals surface area contributed by atoms with E-state index < -0.39 is 12.1 Å². The Bertz CT molecular complexity index is 856. The molecule has 25 heavy (non-hydrogen) atoms. The number of amides is 1. The monoisotopic (exact) mass is 364 g/mol. The molecule has 7 heteroatoms. The topological polar surface area (TPSA) is 33.2 Å². The Morgan fingerprint density at radius 2 is 1.92 bits per heavy atom. The van der Waals surface area contributed by atoms with Crippen LogP contribution < -0.4 is 0 Å². The molecule has 0 unspecified atom stereocenters. The Balaban J connectivity index is 1.68. The van der Waals surface area contributed by atoms with Gasteiger partial charge in [0.25, 0.3) is 0 Å². The van der Waals surface area contributed by atoms with Crippen LogP contribution in [-0.2, 0) is 24.1 Å². The zero-order chi connectivity index (χ0) is 17.6. The molecule has 2 heterocycles. The molecule has 130 valence electrons. The summed E-state index contributed by atoms with van der Waals surface area (Å²) in [6, 6.07) is 4.04. The second-order valence-corrected chi connectivity index (χ2v) is 7.08. The molecule has 0 atom stereocenters. The summed E-state index contributed by atoms with van der Waals surface area (Å²) in [6.07, 6.45) is 0.753. The van der Waals surface area contributed by atoms with Gasteiger partial charge in [-0.05, 0) is 41.5 Å². The van der Waals surface area contributed by atoms with E-state index in [2.05, 4.69) is 11.1 Å². The third-order valence-corrected chi connectivity index (χ3v) is 5.57. The van der Waals surface area contributed by atoms with Crippen LogP contribution in [-0.4, -0.2) is 35.1 Å². The normalized spacial score (nSPS) is 16.9. The van der Waals surface area contributed by atoms with E-state index in [-0.39, 0.29) is 13.1 Å². The summed E-state index contributed by atoms with van der Waals surface area (Å²) in [5.41, 5.74) is 5.44. The van der Waals surface area contributed by atoms with Crippen molar-refractivity contribution in [2.24, 2.45) is 0 Å². The summed E-state index contributed by atoms with van der Waals surface area (Å²) in [6.45, 7) is 0.188. The molecule has 0 bridgehead atoms. The van der Waals surface area contributed by atoms with Gasteiger partial charge in [0.15, 0.2) is 0 Å². The lowest BCUT2D eigenvalue weighted by Gasteiger charge is -2.21. The molecular formula is C18H15F3N2OS. The molecule has 0 spiro atoms. The fourth-order valence-corrected chi connectivity index (χ4v) is 4.31. The maximum Gasteiger partial charge on any atom is 0.471 e. The van der Waals surface area contributed by atoms with Crippen molar-refractivity contribution < 1.29 is 18.0 Å². The highest BCUT2D eigenvalue weighted by Crippen LogP contribution is 2.38. The van der Waals surface area contributed by atoms with E-state index in [4.69, 9.17) is 0 Å². The number of benzene rings is 1. The van der Waals surface area contributed by atoms with Crippen LogP contribution in [0.3, 0.4) is 0 Å². The number of alkyl halides is 3. The van der Waals surface area contributed by atoms with Crippen LogP contribution in [0.2, 0.25) is 0 Å². The zero-order valence-electron chi connectivity index (χ0n) is 13.3. The summed E-state index contributed by atoms with van der Waals surface area (Å²) in [5.74, 6) is -1.74. The highest BCUT2D eigenvalue weighted by molar-refractivity contribution is 7.10. The van der Waals surface area contributed by atoms with Gasteiger partial charge >= 0.3 is 12.1 Å². The first-order valence-corrected chi connectivity index (χ1v) is 8.93. The van der Waals surface area contributed by atoms with E-state index in [0.29, 0.717) is 12.8 Å². The summed E-state index contributed by atoms with van der Waals surface area (Å²) < 4.78 is 38.3. The number of hydrogen-bond acceptors (Lipinski definition) is 3. The Kier molecular flexibility index (Phi) is 3.91. The van der Waals surface area contributed by atoms with Crippen molar-refractivity contribution in [3.63, 3.8) is 0 Å². The minimum Gasteiger partial charge on any atom is -0.334 e. The molecule has 1 aliphatic heterocycles. The third kappa shape index (κ3) is 2.86. The van der Waals surface area contributed by atoms with Gasteiger partial charge in [-0.1, -0.05) is 18.2 Å². The Hall–Kier alpha value is -2.15. The van der Waals surface area contributed by atoms with Crippen molar-refractivity contribution in [3.8, 4) is 0 Å². The van der Waals surface area contributed by atoms with Gasteiger partial charge in [-0.3, -0.25) is 4.79 Å². The van der Waals surface area contributed by atoms with Crippen LogP contribution in [0.1, 0.15) is 27.3 Å². The summed E-state index contributed by atoms with van der Waals surface area (Å²) in [7, 11) is 0. The number of thiazole rings is 1. The highest BCUT2D eigenvalue weighted by atomic mass is 32.1. The Morgan fingerprint density at radius 3 is 2.64 bits per heavy atom. The van der Waals surface area contributed by atoms with Gasteiger partial charge in [-0.15, -0.1) is 11.3 Å². The zero-order valence-corrected chi connectivity index (χ0v) is 14.1. The van der Waals surface area contributed by atoms with E-state index in [1.807, 2.05) is 17.5 Å². The highest BCUT2D eigenvalue weighted by Gasteiger charge is 2.42. The number of carbonyl (C=O) groups excluding carboxylic acids is 1. The smallest absolute Gasteiger partial charge is 0.334 e. The van der Waals surface area contributed by atoms with Gasteiger partial charge in [0.2, 0.25) is 0 Å². The van der Waals surface area contributed by atoms with Gasteiger partial charge in [0.05, 0.1) is 0 Å². The summed E-state index contributed by atoms with van der Waals surface area (Å²) in [5, 5.41) is 2.85. The number of allylic oxidation sites excluding steroid dienone is 1. The van der Waals surface area contributed by atoms with E-state index in [1.54, 1.807) is 17.5 Å². The molecule has 0 radical (unpaired) electrons. The Labute approximate surface area is 146 Å². The van der Waals surface area contributed by atoms with Crippen LogP contribution in [0.25, 0.3) is 5.57 Å². The van der Waals surface area contributed by atoms with Crippen LogP contribution in [0.15, 0.2) is 29.8 Å². The van der Waals surface area contributed by atoms with Crippen molar-refractivity contribution in [2.75, 3.05) is 13.1 Å². The largest absolute Gasteiger partial charge is 0.471 e. The van der Waals surface area contributed by atoms with Gasteiger partial charge in [-0.25, -0.2) is 4.98 Å². The van der Waals surface area contributed by atoms with Crippen molar-refractivity contribution >= 4 is 22.8 Å². The van der Waals surface area contributed by atoms with Crippen molar-refractivity contribution in [3.05, 3.63) is 57.0 Å². The molecule has 1 amide bonds. The number of rotatable bonds is 1. The fraction of sp³-hybridized carbons (Fsp3) is 0.333. The van der Waals surface area contributed by atoms with Crippen LogP contribution >= 0.6 is 11.3 Å². The molecule has 2 aliphatic rings. The maximum absolute atomic E-state index is 12.8. The number of halogens is 3. The lowest BCUT2D eigenvalue weighted by Crippen LogP contribution is -2.42. The molecule has 1 aromatic carbocycles. The lowest BCUT2D eigenvalue weighted by molar-refractivity contribution is -0.185. The molecule has 3 nitrogen and oxygen atoms in total. The molecule has 2 aromatic rings.